The second kappa shape index (κ2) is 10.3. The third-order valence-corrected chi connectivity index (χ3v) is 9.16. The summed E-state index contributed by atoms with van der Waals surface area (Å²) in [6.07, 6.45) is 9.63. The number of hydrogen-bond acceptors (Lipinski definition) is 6. The average Bonchev–Trinajstić information content (AvgIpc) is 3.58. The van der Waals surface area contributed by atoms with Gasteiger partial charge in [-0.15, -0.1) is 0 Å². The molecule has 1 unspecified atom stereocenters. The normalized spacial score (nSPS) is 19.4. The summed E-state index contributed by atoms with van der Waals surface area (Å²) in [4.78, 5) is 9.15. The third kappa shape index (κ3) is 4.69. The molecule has 3 aromatic carbocycles. The van der Waals surface area contributed by atoms with Gasteiger partial charge in [0.15, 0.2) is 0 Å². The molecule has 1 aromatic heterocycles. The quantitative estimate of drug-likeness (QED) is 0.311. The number of piperazine rings is 1. The van der Waals surface area contributed by atoms with Crippen molar-refractivity contribution in [2.75, 3.05) is 49.7 Å². The molecule has 2 saturated heterocycles. The fourth-order valence-electron chi connectivity index (χ4n) is 6.65. The van der Waals surface area contributed by atoms with Crippen LogP contribution in [0.1, 0.15) is 19.3 Å². The average molecular weight is 573 g/mol. The van der Waals surface area contributed by atoms with E-state index in [1.807, 2.05) is 60.5 Å². The molecular formula is C32H34ClFN6O. The van der Waals surface area contributed by atoms with Crippen molar-refractivity contribution in [2.45, 2.75) is 25.3 Å². The molecule has 0 aliphatic carbocycles. The first-order valence-electron chi connectivity index (χ1n) is 14.3. The summed E-state index contributed by atoms with van der Waals surface area (Å²) < 4.78 is 17.1. The molecule has 0 spiro atoms. The molecule has 1 N–H and O–H groups in total. The fourth-order valence-corrected chi connectivity index (χ4v) is 6.94. The van der Waals surface area contributed by atoms with E-state index < -0.39 is 5.82 Å². The van der Waals surface area contributed by atoms with Crippen molar-refractivity contribution < 1.29 is 9.50 Å². The molecule has 1 atom stereocenters. The molecule has 7 nitrogen and oxygen atoms in total. The maximum atomic E-state index is 15.2. The number of aryl methyl sites for hydroxylation is 1. The molecule has 4 aromatic rings. The van der Waals surface area contributed by atoms with Gasteiger partial charge in [0, 0.05) is 74.4 Å². The van der Waals surface area contributed by atoms with Crippen molar-refractivity contribution in [1.82, 2.24) is 19.6 Å². The molecule has 41 heavy (non-hydrogen) atoms. The van der Waals surface area contributed by atoms with Crippen LogP contribution in [0.15, 0.2) is 61.1 Å². The van der Waals surface area contributed by atoms with Gasteiger partial charge >= 0.3 is 0 Å². The van der Waals surface area contributed by atoms with Crippen LogP contribution < -0.4 is 9.80 Å². The predicted molar refractivity (Wildman–Crippen MR) is 164 cm³/mol. The number of rotatable bonds is 4. The number of benzene rings is 3. The fraction of sp³-hybridized carbons (Fsp3) is 0.344. The van der Waals surface area contributed by atoms with Gasteiger partial charge in [0.1, 0.15) is 11.6 Å². The van der Waals surface area contributed by atoms with Gasteiger partial charge in [0.25, 0.3) is 0 Å². The van der Waals surface area contributed by atoms with Crippen molar-refractivity contribution in [3.05, 3.63) is 71.9 Å². The molecule has 212 valence electrons. The van der Waals surface area contributed by atoms with Crippen LogP contribution in [0.25, 0.3) is 33.2 Å². The minimum atomic E-state index is -0.417. The lowest BCUT2D eigenvalue weighted by molar-refractivity contribution is 0.133. The van der Waals surface area contributed by atoms with Gasteiger partial charge in [-0.05, 0) is 66.9 Å². The second-order valence-electron chi connectivity index (χ2n) is 11.5. The van der Waals surface area contributed by atoms with Crippen molar-refractivity contribution >= 4 is 33.9 Å². The molecule has 2 fully saturated rings. The first-order chi connectivity index (χ1) is 19.9. The highest BCUT2D eigenvalue weighted by Gasteiger charge is 2.30. The molecule has 0 bridgehead atoms. The van der Waals surface area contributed by atoms with Gasteiger partial charge in [-0.3, -0.25) is 9.58 Å². The van der Waals surface area contributed by atoms with Gasteiger partial charge in [-0.1, -0.05) is 24.1 Å². The van der Waals surface area contributed by atoms with Gasteiger partial charge in [-0.25, -0.2) is 4.39 Å². The number of nitrogens with zero attached hydrogens (tertiary/aromatic N) is 6. The Labute approximate surface area is 244 Å². The van der Waals surface area contributed by atoms with Crippen LogP contribution in [0.4, 0.5) is 15.8 Å². The highest BCUT2D eigenvalue weighted by atomic mass is 35.5. The Morgan fingerprint density at radius 1 is 0.927 bits per heavy atom. The van der Waals surface area contributed by atoms with Crippen LogP contribution in [0, 0.1) is 5.82 Å². The standard InChI is InChI=1S/C32H34ClFN6O/c1-36-9-10-40(20-36)29-7-6-21(13-28(29)33)25-16-23(34)17-26(32(25)41)22-14-30-27(18-35-37(30)2)31(15-22)39-12-11-38-8-4-3-5-24(38)19-39/h6-7,9-10,13-18,24,41H,3-5,8,11-12,19-20H2,1-2H3. The second-order valence-corrected chi connectivity index (χ2v) is 11.9. The Hall–Kier alpha value is -3.75. The largest absolute Gasteiger partial charge is 0.507 e. The molecule has 3 aliphatic rings. The van der Waals surface area contributed by atoms with Crippen molar-refractivity contribution in [3.63, 3.8) is 0 Å². The SMILES string of the molecule is CN1C=CN(c2ccc(-c3cc(F)cc(-c4cc(N5CCN6CCCCC6C5)c5cnn(C)c5c4)c3O)cc2Cl)C1. The summed E-state index contributed by atoms with van der Waals surface area (Å²) in [7, 11) is 3.91. The van der Waals surface area contributed by atoms with Gasteiger partial charge in [0.05, 0.1) is 29.1 Å². The van der Waals surface area contributed by atoms with E-state index in [-0.39, 0.29) is 5.75 Å². The lowest BCUT2D eigenvalue weighted by Gasteiger charge is -2.45. The molecule has 9 heteroatoms. The third-order valence-electron chi connectivity index (χ3n) is 8.85. The Bertz CT molecular complexity index is 1670. The number of fused-ring (bicyclic) bond motifs is 2. The van der Waals surface area contributed by atoms with Gasteiger partial charge in [0.2, 0.25) is 0 Å². The first-order valence-corrected chi connectivity index (χ1v) is 14.7. The summed E-state index contributed by atoms with van der Waals surface area (Å²) in [6, 6.07) is 13.0. The van der Waals surface area contributed by atoms with E-state index in [1.165, 1.54) is 37.9 Å². The van der Waals surface area contributed by atoms with Crippen LogP contribution >= 0.6 is 11.6 Å². The molecule has 3 aliphatic heterocycles. The Kier molecular flexibility index (Phi) is 6.55. The zero-order valence-corrected chi connectivity index (χ0v) is 24.2. The minimum absolute atomic E-state index is 0.0283. The van der Waals surface area contributed by atoms with Crippen molar-refractivity contribution in [2.24, 2.45) is 7.05 Å². The number of aromatic hydroxyl groups is 1. The maximum absolute atomic E-state index is 15.2. The number of halogens is 2. The molecule has 0 saturated carbocycles. The topological polar surface area (TPSA) is 51.0 Å². The summed E-state index contributed by atoms with van der Waals surface area (Å²) in [6.45, 7) is 4.80. The zero-order chi connectivity index (χ0) is 28.2. The lowest BCUT2D eigenvalue weighted by Crippen LogP contribution is -2.54. The first kappa shape index (κ1) is 26.2. The molecule has 4 heterocycles. The lowest BCUT2D eigenvalue weighted by atomic mass is 9.95. The van der Waals surface area contributed by atoms with Gasteiger partial charge in [-0.2, -0.15) is 5.10 Å². The number of phenolic OH excluding ortho intramolecular Hbond substituents is 1. The summed E-state index contributed by atoms with van der Waals surface area (Å²) in [5.41, 5.74) is 5.16. The van der Waals surface area contributed by atoms with Crippen LogP contribution in [-0.4, -0.2) is 70.6 Å². The number of piperidine rings is 1. The monoisotopic (exact) mass is 572 g/mol. The summed E-state index contributed by atoms with van der Waals surface area (Å²) in [5, 5.41) is 17.7. The van der Waals surface area contributed by atoms with Crippen molar-refractivity contribution in [1.29, 1.82) is 0 Å². The van der Waals surface area contributed by atoms with E-state index in [1.54, 1.807) is 6.07 Å². The zero-order valence-electron chi connectivity index (χ0n) is 23.4. The van der Waals surface area contributed by atoms with Crippen LogP contribution in [0.2, 0.25) is 5.02 Å². The minimum Gasteiger partial charge on any atom is -0.507 e. The summed E-state index contributed by atoms with van der Waals surface area (Å²) in [5.74, 6) is -0.389. The highest BCUT2D eigenvalue weighted by molar-refractivity contribution is 6.33. The Morgan fingerprint density at radius 3 is 2.54 bits per heavy atom. The molecule has 0 radical (unpaired) electrons. The number of aromatic nitrogens is 2. The number of hydrogen-bond donors (Lipinski definition) is 1. The van der Waals surface area contributed by atoms with E-state index in [0.717, 1.165) is 47.5 Å². The maximum Gasteiger partial charge on any atom is 0.131 e. The smallest absolute Gasteiger partial charge is 0.131 e. The van der Waals surface area contributed by atoms with Crippen LogP contribution in [0.3, 0.4) is 0 Å². The van der Waals surface area contributed by atoms with E-state index in [2.05, 4.69) is 25.9 Å². The van der Waals surface area contributed by atoms with Gasteiger partial charge < -0.3 is 19.8 Å². The number of phenols is 1. The predicted octanol–water partition coefficient (Wildman–Crippen LogP) is 6.26. The highest BCUT2D eigenvalue weighted by Crippen LogP contribution is 2.43. The molecular weight excluding hydrogens is 539 g/mol. The van der Waals surface area contributed by atoms with Crippen LogP contribution in [0.5, 0.6) is 5.75 Å². The van der Waals surface area contributed by atoms with E-state index >= 15 is 4.39 Å². The van der Waals surface area contributed by atoms with Crippen LogP contribution in [-0.2, 0) is 7.05 Å². The van der Waals surface area contributed by atoms with Crippen molar-refractivity contribution in [3.8, 4) is 28.0 Å². The van der Waals surface area contributed by atoms with E-state index in [9.17, 15) is 5.11 Å². The Balaban J connectivity index is 1.29. The van der Waals surface area contributed by atoms with E-state index in [0.29, 0.717) is 34.4 Å². The number of anilines is 2. The van der Waals surface area contributed by atoms with E-state index in [4.69, 9.17) is 11.6 Å². The molecule has 0 amide bonds. The Morgan fingerprint density at radius 2 is 1.76 bits per heavy atom. The molecule has 7 rings (SSSR count). The summed E-state index contributed by atoms with van der Waals surface area (Å²) >= 11 is 6.69.